The van der Waals surface area contributed by atoms with Gasteiger partial charge in [0.15, 0.2) is 5.79 Å². The molecule has 1 aromatic carbocycles. The molecule has 1 aromatic rings. The van der Waals surface area contributed by atoms with Crippen molar-refractivity contribution in [1.82, 2.24) is 0 Å². The van der Waals surface area contributed by atoms with Crippen LogP contribution in [-0.4, -0.2) is 26.1 Å². The van der Waals surface area contributed by atoms with Crippen LogP contribution in [0.15, 0.2) is 35.4 Å². The first kappa shape index (κ1) is 15.7. The van der Waals surface area contributed by atoms with E-state index in [0.717, 1.165) is 57.5 Å². The van der Waals surface area contributed by atoms with Gasteiger partial charge in [0.05, 0.1) is 20.3 Å². The van der Waals surface area contributed by atoms with Crippen molar-refractivity contribution in [2.24, 2.45) is 5.41 Å². The van der Waals surface area contributed by atoms with E-state index in [1.807, 2.05) is 0 Å². The molecule has 1 aliphatic heterocycles. The van der Waals surface area contributed by atoms with Crippen molar-refractivity contribution in [2.45, 2.75) is 51.2 Å². The normalized spacial score (nSPS) is 29.8. The SMILES string of the molecule is COc1cccc2c1CCC1=C2CC=C2CC3(CC[C@@]21C)OCCO3. The summed E-state index contributed by atoms with van der Waals surface area (Å²) in [7, 11) is 1.78. The van der Waals surface area contributed by atoms with E-state index in [2.05, 4.69) is 31.2 Å². The number of ether oxygens (including phenoxy) is 3. The van der Waals surface area contributed by atoms with Crippen LogP contribution >= 0.6 is 0 Å². The van der Waals surface area contributed by atoms with Gasteiger partial charge < -0.3 is 14.2 Å². The molecule has 0 bridgehead atoms. The van der Waals surface area contributed by atoms with Crippen molar-refractivity contribution in [3.8, 4) is 5.75 Å². The van der Waals surface area contributed by atoms with Crippen LogP contribution in [0.1, 0.15) is 50.2 Å². The van der Waals surface area contributed by atoms with E-state index in [1.165, 1.54) is 22.3 Å². The van der Waals surface area contributed by atoms with Gasteiger partial charge in [0.1, 0.15) is 5.75 Å². The maximum atomic E-state index is 6.00. The van der Waals surface area contributed by atoms with Gasteiger partial charge in [-0.15, -0.1) is 0 Å². The van der Waals surface area contributed by atoms with Crippen LogP contribution in [0.5, 0.6) is 5.75 Å². The first-order valence-electron chi connectivity index (χ1n) is 9.51. The average molecular weight is 338 g/mol. The quantitative estimate of drug-likeness (QED) is 0.697. The predicted octanol–water partition coefficient (Wildman–Crippen LogP) is 4.66. The molecule has 4 aliphatic rings. The summed E-state index contributed by atoms with van der Waals surface area (Å²) in [5, 5.41) is 0. The van der Waals surface area contributed by atoms with Crippen LogP contribution in [0.4, 0.5) is 0 Å². The Morgan fingerprint density at radius 1 is 1.08 bits per heavy atom. The summed E-state index contributed by atoms with van der Waals surface area (Å²) < 4.78 is 17.6. The Kier molecular flexibility index (Phi) is 3.42. The summed E-state index contributed by atoms with van der Waals surface area (Å²) >= 11 is 0. The van der Waals surface area contributed by atoms with Crippen molar-refractivity contribution in [3.63, 3.8) is 0 Å². The van der Waals surface area contributed by atoms with Crippen molar-refractivity contribution in [2.75, 3.05) is 20.3 Å². The Labute approximate surface area is 149 Å². The second-order valence-corrected chi connectivity index (χ2v) is 7.99. The molecule has 3 heteroatoms. The van der Waals surface area contributed by atoms with Gasteiger partial charge in [-0.05, 0) is 42.9 Å². The van der Waals surface area contributed by atoms with Crippen LogP contribution in [0.3, 0.4) is 0 Å². The lowest BCUT2D eigenvalue weighted by atomic mass is 9.59. The van der Waals surface area contributed by atoms with Gasteiger partial charge in [-0.2, -0.15) is 0 Å². The summed E-state index contributed by atoms with van der Waals surface area (Å²) in [5.41, 5.74) is 7.69. The van der Waals surface area contributed by atoms with Gasteiger partial charge in [0.2, 0.25) is 0 Å². The number of hydrogen-bond acceptors (Lipinski definition) is 3. The number of methoxy groups -OCH3 is 1. The predicted molar refractivity (Wildman–Crippen MR) is 97.5 cm³/mol. The standard InChI is InChI=1S/C22H26O3/c1-21-10-11-22(24-12-13-25-22)14-15(21)6-7-17-16-4-3-5-20(23-2)18(16)8-9-19(17)21/h3-6H,7-14H2,1-2H3/t21-/m0/s1. The number of hydrogen-bond donors (Lipinski definition) is 0. The van der Waals surface area contributed by atoms with Crippen LogP contribution in [0, 0.1) is 5.41 Å². The van der Waals surface area contributed by atoms with E-state index in [0.29, 0.717) is 0 Å². The third kappa shape index (κ3) is 2.18. The van der Waals surface area contributed by atoms with Crippen LogP contribution in [-0.2, 0) is 15.9 Å². The Morgan fingerprint density at radius 2 is 1.92 bits per heavy atom. The summed E-state index contributed by atoms with van der Waals surface area (Å²) in [6.45, 7) is 3.93. The zero-order valence-electron chi connectivity index (χ0n) is 15.2. The lowest BCUT2D eigenvalue weighted by Crippen LogP contribution is -2.42. The first-order valence-corrected chi connectivity index (χ1v) is 9.51. The van der Waals surface area contributed by atoms with E-state index in [1.54, 1.807) is 12.7 Å². The highest BCUT2D eigenvalue weighted by Crippen LogP contribution is 2.58. The van der Waals surface area contributed by atoms with Gasteiger partial charge in [-0.25, -0.2) is 0 Å². The molecule has 5 rings (SSSR count). The Balaban J connectivity index is 1.55. The zero-order valence-corrected chi connectivity index (χ0v) is 15.2. The van der Waals surface area contributed by atoms with Gasteiger partial charge >= 0.3 is 0 Å². The molecule has 0 radical (unpaired) electrons. The summed E-state index contributed by atoms with van der Waals surface area (Å²) in [4.78, 5) is 0. The first-order chi connectivity index (χ1) is 12.2. The maximum Gasteiger partial charge on any atom is 0.172 e. The lowest BCUT2D eigenvalue weighted by molar-refractivity contribution is -0.174. The number of benzene rings is 1. The fraction of sp³-hybridized carbons (Fsp3) is 0.545. The van der Waals surface area contributed by atoms with Crippen LogP contribution in [0.2, 0.25) is 0 Å². The van der Waals surface area contributed by atoms with Gasteiger partial charge in [-0.3, -0.25) is 0 Å². The molecular weight excluding hydrogens is 312 g/mol. The molecule has 1 saturated carbocycles. The molecule has 25 heavy (non-hydrogen) atoms. The molecule has 0 amide bonds. The molecule has 0 unspecified atom stereocenters. The zero-order chi connectivity index (χ0) is 17.1. The molecule has 3 nitrogen and oxygen atoms in total. The molecule has 1 saturated heterocycles. The Hall–Kier alpha value is -1.58. The van der Waals surface area contributed by atoms with Gasteiger partial charge in [-0.1, -0.05) is 36.3 Å². The number of fused-ring (bicyclic) bond motifs is 4. The second-order valence-electron chi connectivity index (χ2n) is 7.99. The van der Waals surface area contributed by atoms with Crippen LogP contribution in [0.25, 0.3) is 5.57 Å². The van der Waals surface area contributed by atoms with Crippen molar-refractivity contribution in [3.05, 3.63) is 46.5 Å². The van der Waals surface area contributed by atoms with Gasteiger partial charge in [0.25, 0.3) is 0 Å². The maximum absolute atomic E-state index is 6.00. The lowest BCUT2D eigenvalue weighted by Gasteiger charge is -2.49. The van der Waals surface area contributed by atoms with Crippen LogP contribution < -0.4 is 4.74 Å². The van der Waals surface area contributed by atoms with E-state index in [4.69, 9.17) is 14.2 Å². The molecule has 1 heterocycles. The van der Waals surface area contributed by atoms with Crippen molar-refractivity contribution in [1.29, 1.82) is 0 Å². The van der Waals surface area contributed by atoms with E-state index in [9.17, 15) is 0 Å². The molecular formula is C22H26O3. The third-order valence-corrected chi connectivity index (χ3v) is 6.87. The molecule has 3 aliphatic carbocycles. The second kappa shape index (κ2) is 5.46. The van der Waals surface area contributed by atoms with Crippen molar-refractivity contribution >= 4 is 5.57 Å². The van der Waals surface area contributed by atoms with Gasteiger partial charge in [0, 0.05) is 23.8 Å². The molecule has 1 spiro atoms. The largest absolute Gasteiger partial charge is 0.496 e. The minimum atomic E-state index is -0.334. The summed E-state index contributed by atoms with van der Waals surface area (Å²) in [6, 6.07) is 6.50. The highest BCUT2D eigenvalue weighted by atomic mass is 16.7. The fourth-order valence-corrected chi connectivity index (χ4v) is 5.49. The molecule has 1 atom stereocenters. The van der Waals surface area contributed by atoms with Crippen molar-refractivity contribution < 1.29 is 14.2 Å². The summed E-state index contributed by atoms with van der Waals surface area (Å²) in [6.07, 6.45) is 8.77. The molecule has 2 fully saturated rings. The van der Waals surface area contributed by atoms with E-state index >= 15 is 0 Å². The molecule has 0 N–H and O–H groups in total. The molecule has 132 valence electrons. The van der Waals surface area contributed by atoms with E-state index < -0.39 is 0 Å². The Bertz CT molecular complexity index is 782. The van der Waals surface area contributed by atoms with E-state index in [-0.39, 0.29) is 11.2 Å². The minimum absolute atomic E-state index is 0.176. The summed E-state index contributed by atoms with van der Waals surface area (Å²) in [5.74, 6) is 0.707. The average Bonchev–Trinajstić information content (AvgIpc) is 3.10. The third-order valence-electron chi connectivity index (χ3n) is 6.87. The monoisotopic (exact) mass is 338 g/mol. The topological polar surface area (TPSA) is 27.7 Å². The smallest absolute Gasteiger partial charge is 0.172 e. The highest BCUT2D eigenvalue weighted by Gasteiger charge is 2.50. The highest BCUT2D eigenvalue weighted by molar-refractivity contribution is 5.79. The molecule has 0 aromatic heterocycles. The number of allylic oxidation sites excluding steroid dienone is 3. The number of rotatable bonds is 1. The minimum Gasteiger partial charge on any atom is -0.496 e. The fourth-order valence-electron chi connectivity index (χ4n) is 5.49. The Morgan fingerprint density at radius 3 is 2.72 bits per heavy atom.